The van der Waals surface area contributed by atoms with Crippen LogP contribution in [0.3, 0.4) is 0 Å². The van der Waals surface area contributed by atoms with Crippen LogP contribution >= 0.6 is 0 Å². The number of carbonyl (C=O) groups excluding carboxylic acids is 2. The zero-order chi connectivity index (χ0) is 14.5. The number of nitrogens with zero attached hydrogens (tertiary/aromatic N) is 1. The van der Waals surface area contributed by atoms with Gasteiger partial charge >= 0.3 is 0 Å². The lowest BCUT2D eigenvalue weighted by Crippen LogP contribution is -2.35. The Morgan fingerprint density at radius 1 is 1.15 bits per heavy atom. The molecular formula is C16H22N2O2. The number of carbonyl (C=O) groups is 2. The van der Waals surface area contributed by atoms with Crippen molar-refractivity contribution in [1.29, 1.82) is 0 Å². The summed E-state index contributed by atoms with van der Waals surface area (Å²) in [7, 11) is 1.59. The van der Waals surface area contributed by atoms with Crippen molar-refractivity contribution in [2.45, 2.75) is 38.0 Å². The number of hydrogen-bond acceptors (Lipinski definition) is 2. The Morgan fingerprint density at radius 3 is 2.30 bits per heavy atom. The van der Waals surface area contributed by atoms with E-state index in [2.05, 4.69) is 0 Å². The molecule has 1 aliphatic rings. The van der Waals surface area contributed by atoms with Crippen molar-refractivity contribution in [1.82, 2.24) is 4.90 Å². The fourth-order valence-corrected chi connectivity index (χ4v) is 2.86. The molecule has 1 aliphatic carbocycles. The highest BCUT2D eigenvalue weighted by Gasteiger charge is 2.17. The maximum absolute atomic E-state index is 12.1. The van der Waals surface area contributed by atoms with Crippen molar-refractivity contribution in [3.8, 4) is 0 Å². The molecule has 108 valence electrons. The molecular weight excluding hydrogens is 252 g/mol. The van der Waals surface area contributed by atoms with E-state index in [1.807, 2.05) is 24.3 Å². The third kappa shape index (κ3) is 3.59. The molecule has 0 radical (unpaired) electrons. The molecule has 0 saturated heterocycles. The Hall–Kier alpha value is -1.84. The molecule has 0 heterocycles. The highest BCUT2D eigenvalue weighted by atomic mass is 16.2. The first kappa shape index (κ1) is 14.6. The molecule has 0 aliphatic heterocycles. The van der Waals surface area contributed by atoms with Gasteiger partial charge in [0.2, 0.25) is 5.91 Å². The molecule has 0 bridgehead atoms. The molecule has 4 heteroatoms. The first-order chi connectivity index (χ1) is 9.58. The molecule has 1 aromatic carbocycles. The number of likely N-dealkylation sites (N-methyl/N-ethyl adjacent to an activating group) is 1. The summed E-state index contributed by atoms with van der Waals surface area (Å²) in [6.07, 6.45) is 6.42. The lowest BCUT2D eigenvalue weighted by atomic mass is 9.84. The Labute approximate surface area is 119 Å². The van der Waals surface area contributed by atoms with E-state index in [0.717, 1.165) is 0 Å². The second-order valence-electron chi connectivity index (χ2n) is 5.58. The quantitative estimate of drug-likeness (QED) is 0.915. The van der Waals surface area contributed by atoms with Gasteiger partial charge < -0.3 is 10.6 Å². The van der Waals surface area contributed by atoms with Gasteiger partial charge in [-0.1, -0.05) is 31.4 Å². The fourth-order valence-electron chi connectivity index (χ4n) is 2.86. The highest BCUT2D eigenvalue weighted by Crippen LogP contribution is 2.32. The minimum Gasteiger partial charge on any atom is -0.368 e. The molecule has 1 fully saturated rings. The standard InChI is InChI=1S/C16H22N2O2/c1-18(11-15(17)19)16(20)14-9-7-13(8-10-14)12-5-3-2-4-6-12/h7-10,12H,2-6,11H2,1H3,(H2,17,19). The molecule has 2 N–H and O–H groups in total. The van der Waals surface area contributed by atoms with E-state index in [1.165, 1.54) is 42.6 Å². The minimum absolute atomic E-state index is 0.0524. The fraction of sp³-hybridized carbons (Fsp3) is 0.500. The zero-order valence-corrected chi connectivity index (χ0v) is 12.0. The Balaban J connectivity index is 2.03. The molecule has 4 nitrogen and oxygen atoms in total. The molecule has 1 saturated carbocycles. The minimum atomic E-state index is -0.500. The van der Waals surface area contributed by atoms with E-state index in [0.29, 0.717) is 11.5 Å². The van der Waals surface area contributed by atoms with Gasteiger partial charge in [0.05, 0.1) is 6.54 Å². The van der Waals surface area contributed by atoms with Crippen molar-refractivity contribution in [3.05, 3.63) is 35.4 Å². The third-order valence-electron chi connectivity index (χ3n) is 3.97. The first-order valence-corrected chi connectivity index (χ1v) is 7.21. The van der Waals surface area contributed by atoms with Gasteiger partial charge in [-0.2, -0.15) is 0 Å². The van der Waals surface area contributed by atoms with Crippen molar-refractivity contribution in [2.24, 2.45) is 5.73 Å². The second kappa shape index (κ2) is 6.55. The number of rotatable bonds is 4. The monoisotopic (exact) mass is 274 g/mol. The molecule has 2 amide bonds. The maximum atomic E-state index is 12.1. The summed E-state index contributed by atoms with van der Waals surface area (Å²) < 4.78 is 0. The van der Waals surface area contributed by atoms with Gasteiger partial charge in [-0.3, -0.25) is 9.59 Å². The van der Waals surface area contributed by atoms with E-state index in [9.17, 15) is 9.59 Å². The molecule has 0 atom stereocenters. The average Bonchev–Trinajstić information content (AvgIpc) is 2.47. The summed E-state index contributed by atoms with van der Waals surface area (Å²) in [4.78, 5) is 24.3. The summed E-state index contributed by atoms with van der Waals surface area (Å²) in [5.41, 5.74) is 7.02. The van der Waals surface area contributed by atoms with E-state index in [1.54, 1.807) is 7.05 Å². The molecule has 20 heavy (non-hydrogen) atoms. The van der Waals surface area contributed by atoms with Crippen molar-refractivity contribution in [2.75, 3.05) is 13.6 Å². The summed E-state index contributed by atoms with van der Waals surface area (Å²) >= 11 is 0. The summed E-state index contributed by atoms with van der Waals surface area (Å²) in [6, 6.07) is 7.79. The normalized spacial score (nSPS) is 15.8. The Morgan fingerprint density at radius 2 is 1.75 bits per heavy atom. The molecule has 1 aromatic rings. The van der Waals surface area contributed by atoms with Crippen molar-refractivity contribution >= 4 is 11.8 Å². The van der Waals surface area contributed by atoms with Gasteiger partial charge in [0.15, 0.2) is 0 Å². The SMILES string of the molecule is CN(CC(N)=O)C(=O)c1ccc(C2CCCCC2)cc1. The van der Waals surface area contributed by atoms with Crippen molar-refractivity contribution < 1.29 is 9.59 Å². The predicted octanol–water partition coefficient (Wildman–Crippen LogP) is 2.29. The molecule has 0 spiro atoms. The molecule has 0 unspecified atom stereocenters. The lowest BCUT2D eigenvalue weighted by Gasteiger charge is -2.22. The zero-order valence-electron chi connectivity index (χ0n) is 12.0. The first-order valence-electron chi connectivity index (χ1n) is 7.21. The smallest absolute Gasteiger partial charge is 0.254 e. The van der Waals surface area contributed by atoms with Crippen LogP contribution < -0.4 is 5.73 Å². The summed E-state index contributed by atoms with van der Waals surface area (Å²) in [5.74, 6) is -0.0325. The van der Waals surface area contributed by atoms with E-state index < -0.39 is 5.91 Å². The van der Waals surface area contributed by atoms with Crippen LogP contribution in [0.2, 0.25) is 0 Å². The van der Waals surface area contributed by atoms with Gasteiger partial charge in [0, 0.05) is 12.6 Å². The van der Waals surface area contributed by atoms with Crippen LogP contribution in [0.1, 0.15) is 53.9 Å². The molecule has 0 aromatic heterocycles. The Kier molecular flexibility index (Phi) is 4.77. The summed E-state index contributed by atoms with van der Waals surface area (Å²) in [5, 5.41) is 0. The number of amides is 2. The largest absolute Gasteiger partial charge is 0.368 e. The van der Waals surface area contributed by atoms with E-state index in [-0.39, 0.29) is 12.5 Å². The van der Waals surface area contributed by atoms with Gasteiger partial charge in [-0.25, -0.2) is 0 Å². The van der Waals surface area contributed by atoms with E-state index >= 15 is 0 Å². The van der Waals surface area contributed by atoms with Gasteiger partial charge in [-0.05, 0) is 36.5 Å². The van der Waals surface area contributed by atoms with Gasteiger partial charge in [0.25, 0.3) is 5.91 Å². The lowest BCUT2D eigenvalue weighted by molar-refractivity contribution is -0.118. The highest BCUT2D eigenvalue weighted by molar-refractivity contribution is 5.96. The van der Waals surface area contributed by atoms with Crippen LogP contribution in [0.25, 0.3) is 0 Å². The molecule has 2 rings (SSSR count). The van der Waals surface area contributed by atoms with Crippen LogP contribution in [-0.2, 0) is 4.79 Å². The van der Waals surface area contributed by atoms with Crippen molar-refractivity contribution in [3.63, 3.8) is 0 Å². The number of nitrogens with two attached hydrogens (primary N) is 1. The maximum Gasteiger partial charge on any atom is 0.254 e. The van der Waals surface area contributed by atoms with Gasteiger partial charge in [-0.15, -0.1) is 0 Å². The second-order valence-corrected chi connectivity index (χ2v) is 5.58. The van der Waals surface area contributed by atoms with Crippen LogP contribution in [0.5, 0.6) is 0 Å². The predicted molar refractivity (Wildman–Crippen MR) is 78.4 cm³/mol. The Bertz CT molecular complexity index is 476. The van der Waals surface area contributed by atoms with E-state index in [4.69, 9.17) is 5.73 Å². The third-order valence-corrected chi connectivity index (χ3v) is 3.97. The van der Waals surface area contributed by atoms with Crippen LogP contribution in [0, 0.1) is 0 Å². The van der Waals surface area contributed by atoms with Crippen LogP contribution in [0.4, 0.5) is 0 Å². The van der Waals surface area contributed by atoms with Crippen LogP contribution in [-0.4, -0.2) is 30.3 Å². The van der Waals surface area contributed by atoms with Gasteiger partial charge in [0.1, 0.15) is 0 Å². The number of hydrogen-bond donors (Lipinski definition) is 1. The summed E-state index contributed by atoms with van der Waals surface area (Å²) in [6.45, 7) is -0.0524. The number of benzene rings is 1. The number of primary amides is 1. The topological polar surface area (TPSA) is 63.4 Å². The average molecular weight is 274 g/mol. The van der Waals surface area contributed by atoms with Crippen LogP contribution in [0.15, 0.2) is 24.3 Å².